The molecule has 0 saturated heterocycles. The van der Waals surface area contributed by atoms with E-state index in [1.54, 1.807) is 48.5 Å². The molecule has 0 atom stereocenters. The summed E-state index contributed by atoms with van der Waals surface area (Å²) in [4.78, 5) is 8.64. The topological polar surface area (TPSA) is 105 Å². The van der Waals surface area contributed by atoms with Crippen LogP contribution in [0, 0.1) is 11.3 Å². The average Bonchev–Trinajstić information content (AvgIpc) is 2.80. The number of nitrogens with one attached hydrogen (secondary N) is 1. The average molecular weight is 428 g/mol. The third-order valence-electron chi connectivity index (χ3n) is 4.27. The van der Waals surface area contributed by atoms with Crippen molar-refractivity contribution in [3.63, 3.8) is 0 Å². The number of para-hydroxylation sites is 1. The normalized spacial score (nSPS) is 10.8. The van der Waals surface area contributed by atoms with Gasteiger partial charge in [0.2, 0.25) is 11.8 Å². The van der Waals surface area contributed by atoms with Crippen LogP contribution in [0.25, 0.3) is 11.3 Å². The molecule has 0 bridgehead atoms. The van der Waals surface area contributed by atoms with Crippen molar-refractivity contribution in [2.24, 2.45) is 0 Å². The van der Waals surface area contributed by atoms with Crippen LogP contribution in [-0.2, 0) is 10.0 Å². The van der Waals surface area contributed by atoms with E-state index in [1.807, 2.05) is 30.3 Å². The number of anilines is 1. The number of aromatic nitrogens is 2. The summed E-state index contributed by atoms with van der Waals surface area (Å²) in [7, 11) is -3.90. The van der Waals surface area contributed by atoms with Gasteiger partial charge in [-0.3, -0.25) is 0 Å². The van der Waals surface area contributed by atoms with Crippen LogP contribution in [-0.4, -0.2) is 18.4 Å². The zero-order chi connectivity index (χ0) is 21.7. The van der Waals surface area contributed by atoms with Crippen LogP contribution < -0.4 is 9.46 Å². The third kappa shape index (κ3) is 4.69. The Morgan fingerprint density at radius 1 is 0.839 bits per heavy atom. The first-order valence-corrected chi connectivity index (χ1v) is 10.7. The van der Waals surface area contributed by atoms with Gasteiger partial charge < -0.3 is 4.74 Å². The zero-order valence-electron chi connectivity index (χ0n) is 16.1. The number of benzene rings is 3. The van der Waals surface area contributed by atoms with Crippen LogP contribution in [0.2, 0.25) is 0 Å². The van der Waals surface area contributed by atoms with Gasteiger partial charge in [0.05, 0.1) is 16.2 Å². The van der Waals surface area contributed by atoms with Crippen LogP contribution in [0.4, 0.5) is 5.95 Å². The summed E-state index contributed by atoms with van der Waals surface area (Å²) in [6, 6.07) is 27.5. The Labute approximate surface area is 179 Å². The van der Waals surface area contributed by atoms with Crippen molar-refractivity contribution >= 4 is 16.0 Å². The predicted octanol–water partition coefficient (Wildman–Crippen LogP) is 4.61. The van der Waals surface area contributed by atoms with Gasteiger partial charge in [0, 0.05) is 11.6 Å². The standard InChI is InChI=1S/C23H16N4O3S/c24-16-18-11-7-8-14-21(18)30-22-15-20(17-9-3-1-4-10-17)25-23(26-22)27-31(28,29)19-12-5-2-6-13-19/h1-15H,(H,25,26,27). The molecule has 1 aromatic heterocycles. The van der Waals surface area contributed by atoms with E-state index in [9.17, 15) is 13.7 Å². The lowest BCUT2D eigenvalue weighted by atomic mass is 10.1. The van der Waals surface area contributed by atoms with E-state index >= 15 is 0 Å². The van der Waals surface area contributed by atoms with Crippen LogP contribution in [0.5, 0.6) is 11.6 Å². The highest BCUT2D eigenvalue weighted by atomic mass is 32.2. The molecule has 0 aliphatic heterocycles. The van der Waals surface area contributed by atoms with Crippen molar-refractivity contribution in [1.29, 1.82) is 5.26 Å². The molecule has 3 aromatic carbocycles. The second-order valence-corrected chi connectivity index (χ2v) is 8.09. The van der Waals surface area contributed by atoms with Gasteiger partial charge in [0.25, 0.3) is 10.0 Å². The van der Waals surface area contributed by atoms with E-state index in [1.165, 1.54) is 12.1 Å². The minimum Gasteiger partial charge on any atom is -0.437 e. The molecule has 0 radical (unpaired) electrons. The third-order valence-corrected chi connectivity index (χ3v) is 5.62. The van der Waals surface area contributed by atoms with Gasteiger partial charge >= 0.3 is 0 Å². The molecular formula is C23H16N4O3S. The summed E-state index contributed by atoms with van der Waals surface area (Å²) in [5, 5.41) is 9.31. The minimum atomic E-state index is -3.90. The van der Waals surface area contributed by atoms with E-state index in [4.69, 9.17) is 4.74 Å². The van der Waals surface area contributed by atoms with Gasteiger partial charge in [-0.05, 0) is 24.3 Å². The second kappa shape index (κ2) is 8.65. The molecule has 0 saturated carbocycles. The molecule has 7 nitrogen and oxygen atoms in total. The summed E-state index contributed by atoms with van der Waals surface area (Å²) in [6.45, 7) is 0. The van der Waals surface area contributed by atoms with Gasteiger partial charge in [0.1, 0.15) is 11.8 Å². The number of nitrogens with zero attached hydrogens (tertiary/aromatic N) is 3. The molecule has 0 aliphatic carbocycles. The van der Waals surface area contributed by atoms with Crippen molar-refractivity contribution in [3.05, 3.63) is 96.6 Å². The summed E-state index contributed by atoms with van der Waals surface area (Å²) in [6.07, 6.45) is 0. The lowest BCUT2D eigenvalue weighted by molar-refractivity contribution is 0.461. The Balaban J connectivity index is 1.76. The van der Waals surface area contributed by atoms with E-state index in [0.717, 1.165) is 5.56 Å². The maximum absolute atomic E-state index is 12.7. The largest absolute Gasteiger partial charge is 0.437 e. The number of rotatable bonds is 6. The van der Waals surface area contributed by atoms with Gasteiger partial charge in [-0.15, -0.1) is 0 Å². The van der Waals surface area contributed by atoms with Gasteiger partial charge in [-0.25, -0.2) is 18.1 Å². The molecule has 0 unspecified atom stereocenters. The molecule has 0 amide bonds. The lowest BCUT2D eigenvalue weighted by Gasteiger charge is -2.12. The first-order chi connectivity index (χ1) is 15.0. The van der Waals surface area contributed by atoms with E-state index in [0.29, 0.717) is 17.0 Å². The molecule has 31 heavy (non-hydrogen) atoms. The Morgan fingerprint density at radius 2 is 1.48 bits per heavy atom. The second-order valence-electron chi connectivity index (χ2n) is 6.41. The minimum absolute atomic E-state index is 0.0843. The monoisotopic (exact) mass is 428 g/mol. The number of hydrogen-bond acceptors (Lipinski definition) is 6. The number of sulfonamides is 1. The van der Waals surface area contributed by atoms with Crippen LogP contribution >= 0.6 is 0 Å². The van der Waals surface area contributed by atoms with Gasteiger partial charge in [-0.2, -0.15) is 10.2 Å². The highest BCUT2D eigenvalue weighted by Crippen LogP contribution is 2.28. The van der Waals surface area contributed by atoms with E-state index in [-0.39, 0.29) is 16.7 Å². The molecular weight excluding hydrogens is 412 g/mol. The lowest BCUT2D eigenvalue weighted by Crippen LogP contribution is -2.15. The summed E-state index contributed by atoms with van der Waals surface area (Å²) in [5.74, 6) is 0.261. The summed E-state index contributed by atoms with van der Waals surface area (Å²) >= 11 is 0. The molecule has 152 valence electrons. The summed E-state index contributed by atoms with van der Waals surface area (Å²) < 4.78 is 33.7. The maximum Gasteiger partial charge on any atom is 0.264 e. The molecule has 8 heteroatoms. The molecule has 1 N–H and O–H groups in total. The Bertz CT molecular complexity index is 1350. The van der Waals surface area contributed by atoms with Crippen molar-refractivity contribution in [1.82, 2.24) is 9.97 Å². The summed E-state index contributed by atoms with van der Waals surface area (Å²) in [5.41, 5.74) is 1.54. The van der Waals surface area contributed by atoms with Crippen molar-refractivity contribution in [2.45, 2.75) is 4.90 Å². The Hall–Kier alpha value is -4.22. The predicted molar refractivity (Wildman–Crippen MR) is 116 cm³/mol. The van der Waals surface area contributed by atoms with Crippen LogP contribution in [0.3, 0.4) is 0 Å². The number of nitriles is 1. The van der Waals surface area contributed by atoms with Gasteiger partial charge in [0.15, 0.2) is 0 Å². The van der Waals surface area contributed by atoms with Crippen LogP contribution in [0.15, 0.2) is 95.9 Å². The quantitative estimate of drug-likeness (QED) is 0.481. The fourth-order valence-electron chi connectivity index (χ4n) is 2.82. The van der Waals surface area contributed by atoms with E-state index in [2.05, 4.69) is 20.8 Å². The smallest absolute Gasteiger partial charge is 0.264 e. The first-order valence-electron chi connectivity index (χ1n) is 9.24. The number of hydrogen-bond donors (Lipinski definition) is 1. The van der Waals surface area contributed by atoms with Crippen molar-refractivity contribution < 1.29 is 13.2 Å². The molecule has 0 aliphatic rings. The zero-order valence-corrected chi connectivity index (χ0v) is 17.0. The SMILES string of the molecule is N#Cc1ccccc1Oc1cc(-c2ccccc2)nc(NS(=O)(=O)c2ccccc2)n1. The van der Waals surface area contributed by atoms with Gasteiger partial charge in [-0.1, -0.05) is 60.7 Å². The fraction of sp³-hybridized carbons (Fsp3) is 0. The van der Waals surface area contributed by atoms with Crippen molar-refractivity contribution in [3.8, 4) is 29.0 Å². The molecule has 4 rings (SSSR count). The maximum atomic E-state index is 12.7. The first kappa shape index (κ1) is 20.1. The molecule has 4 aromatic rings. The fourth-order valence-corrected chi connectivity index (χ4v) is 3.78. The molecule has 0 spiro atoms. The Kier molecular flexibility index (Phi) is 5.60. The highest BCUT2D eigenvalue weighted by Gasteiger charge is 2.18. The Morgan fingerprint density at radius 3 is 2.19 bits per heavy atom. The molecule has 0 fully saturated rings. The van der Waals surface area contributed by atoms with Crippen molar-refractivity contribution in [2.75, 3.05) is 4.72 Å². The number of ether oxygens (including phenoxy) is 1. The van der Waals surface area contributed by atoms with E-state index < -0.39 is 10.0 Å². The molecule has 1 heterocycles. The highest BCUT2D eigenvalue weighted by molar-refractivity contribution is 7.92. The van der Waals surface area contributed by atoms with Crippen LogP contribution in [0.1, 0.15) is 5.56 Å².